The summed E-state index contributed by atoms with van der Waals surface area (Å²) in [6.45, 7) is 6.77. The molecule has 6 nitrogen and oxygen atoms in total. The van der Waals surface area contributed by atoms with Gasteiger partial charge in [0.05, 0.1) is 0 Å². The Hall–Kier alpha value is -1.37. The maximum atomic E-state index is 13.6. The second kappa shape index (κ2) is 47.1. The van der Waals surface area contributed by atoms with Crippen molar-refractivity contribution >= 4 is 17.3 Å². The molecule has 6 heteroatoms. The van der Waals surface area contributed by atoms with E-state index in [0.717, 1.165) is 77.0 Å². The van der Waals surface area contributed by atoms with Crippen LogP contribution in [0.4, 0.5) is 0 Å². The third-order valence-electron chi connectivity index (χ3n) is 13.6. The van der Waals surface area contributed by atoms with Crippen LogP contribution in [0.2, 0.25) is 0 Å². The van der Waals surface area contributed by atoms with Crippen molar-refractivity contribution in [2.24, 2.45) is 0 Å². The standard InChI is InChI=1S/C57H108O6/c1-4-7-10-13-16-19-22-25-28-31-34-37-40-43-46-49-52(58)55(61)56(62)57(63,53(59)50-47-44-41-38-35-32-29-26-23-20-17-14-11-8-5-2)54(60)51-48-45-42-39-36-33-30-27-24-21-18-15-12-9-6-3/h25,28,55-56,61-63H,4-24,26-27,29-51H2,1-3H3/b28-25-. The van der Waals surface area contributed by atoms with E-state index in [0.29, 0.717) is 19.3 Å². The molecule has 0 aliphatic heterocycles. The van der Waals surface area contributed by atoms with Crippen molar-refractivity contribution < 1.29 is 29.7 Å². The van der Waals surface area contributed by atoms with Crippen LogP contribution < -0.4 is 0 Å². The first-order valence-corrected chi connectivity index (χ1v) is 28.1. The van der Waals surface area contributed by atoms with Gasteiger partial charge in [-0.15, -0.1) is 0 Å². The lowest BCUT2D eigenvalue weighted by Crippen LogP contribution is -2.61. The van der Waals surface area contributed by atoms with Crippen molar-refractivity contribution in [1.82, 2.24) is 0 Å². The fourth-order valence-corrected chi connectivity index (χ4v) is 9.10. The van der Waals surface area contributed by atoms with E-state index >= 15 is 0 Å². The van der Waals surface area contributed by atoms with E-state index in [9.17, 15) is 29.7 Å². The highest BCUT2D eigenvalue weighted by Crippen LogP contribution is 2.26. The number of allylic oxidation sites excluding steroid dienone is 2. The number of hydrogen-bond acceptors (Lipinski definition) is 6. The van der Waals surface area contributed by atoms with E-state index < -0.39 is 35.2 Å². The summed E-state index contributed by atoms with van der Waals surface area (Å²) in [4.78, 5) is 40.3. The Morgan fingerprint density at radius 3 is 0.841 bits per heavy atom. The molecule has 0 radical (unpaired) electrons. The first kappa shape index (κ1) is 61.6. The first-order valence-electron chi connectivity index (χ1n) is 28.1. The van der Waals surface area contributed by atoms with Crippen LogP contribution in [0.1, 0.15) is 316 Å². The molecule has 3 N–H and O–H groups in total. The predicted octanol–water partition coefficient (Wildman–Crippen LogP) is 16.7. The number of aliphatic hydroxyl groups excluding tert-OH is 2. The first-order chi connectivity index (χ1) is 30.8. The second-order valence-electron chi connectivity index (χ2n) is 19.7. The van der Waals surface area contributed by atoms with Gasteiger partial charge < -0.3 is 15.3 Å². The molecule has 2 unspecified atom stereocenters. The van der Waals surface area contributed by atoms with Crippen LogP contribution in [0.25, 0.3) is 0 Å². The molecule has 0 aromatic rings. The SMILES string of the molecule is CCCCCCCC/C=C\CCCCCCCC(=O)C(O)C(O)C(O)(C(=O)CCCCCCCCCCCCCCCCC)C(=O)CCCCCCCCCCCCCCCCC. The summed E-state index contributed by atoms with van der Waals surface area (Å²) < 4.78 is 0. The summed E-state index contributed by atoms with van der Waals surface area (Å²) in [5, 5.41) is 33.9. The Bertz CT molecular complexity index is 992. The number of rotatable bonds is 52. The fourth-order valence-electron chi connectivity index (χ4n) is 9.10. The Labute approximate surface area is 391 Å². The van der Waals surface area contributed by atoms with Gasteiger partial charge in [0.1, 0.15) is 12.2 Å². The van der Waals surface area contributed by atoms with E-state index in [2.05, 4.69) is 32.9 Å². The zero-order valence-electron chi connectivity index (χ0n) is 42.4. The third kappa shape index (κ3) is 36.4. The zero-order chi connectivity index (χ0) is 46.3. The molecule has 2 atom stereocenters. The highest BCUT2D eigenvalue weighted by atomic mass is 16.4. The van der Waals surface area contributed by atoms with Gasteiger partial charge in [-0.05, 0) is 44.9 Å². The Morgan fingerprint density at radius 1 is 0.349 bits per heavy atom. The molecule has 0 spiro atoms. The zero-order valence-corrected chi connectivity index (χ0v) is 42.4. The summed E-state index contributed by atoms with van der Waals surface area (Å²) in [6.07, 6.45) is 50.8. The molecule has 372 valence electrons. The summed E-state index contributed by atoms with van der Waals surface area (Å²) in [7, 11) is 0. The molecule has 0 rings (SSSR count). The molecular formula is C57H108O6. The average molecular weight is 889 g/mol. The highest BCUT2D eigenvalue weighted by molar-refractivity contribution is 6.11. The lowest BCUT2D eigenvalue weighted by atomic mass is 9.79. The lowest BCUT2D eigenvalue weighted by molar-refractivity contribution is -0.174. The number of carbonyl (C=O) groups is 3. The van der Waals surface area contributed by atoms with Crippen molar-refractivity contribution in [2.45, 2.75) is 334 Å². The largest absolute Gasteiger partial charge is 0.386 e. The van der Waals surface area contributed by atoms with E-state index in [4.69, 9.17) is 0 Å². The number of Topliss-reactive ketones (excluding diaryl/α,β-unsaturated/α-hetero) is 3. The minimum absolute atomic E-state index is 0.0486. The number of unbranched alkanes of at least 4 members (excludes halogenated alkanes) is 39. The van der Waals surface area contributed by atoms with Crippen LogP contribution >= 0.6 is 0 Å². The second-order valence-corrected chi connectivity index (χ2v) is 19.7. The average Bonchev–Trinajstić information content (AvgIpc) is 3.29. The molecule has 0 heterocycles. The normalized spacial score (nSPS) is 13.0. The van der Waals surface area contributed by atoms with Crippen molar-refractivity contribution in [2.75, 3.05) is 0 Å². The fraction of sp³-hybridized carbons (Fsp3) is 0.912. The van der Waals surface area contributed by atoms with Crippen LogP contribution in [0.15, 0.2) is 12.2 Å². The maximum Gasteiger partial charge on any atom is 0.210 e. The van der Waals surface area contributed by atoms with Crippen molar-refractivity contribution in [3.8, 4) is 0 Å². The minimum atomic E-state index is -2.76. The van der Waals surface area contributed by atoms with Gasteiger partial charge in [0.25, 0.3) is 0 Å². The molecule has 0 saturated heterocycles. The lowest BCUT2D eigenvalue weighted by Gasteiger charge is -2.32. The van der Waals surface area contributed by atoms with Crippen LogP contribution in [0.3, 0.4) is 0 Å². The Balaban J connectivity index is 4.75. The Kier molecular flexibility index (Phi) is 46.1. The van der Waals surface area contributed by atoms with Crippen LogP contribution in [-0.4, -0.2) is 50.5 Å². The van der Waals surface area contributed by atoms with E-state index in [1.165, 1.54) is 180 Å². The van der Waals surface area contributed by atoms with Crippen LogP contribution in [-0.2, 0) is 14.4 Å². The summed E-state index contributed by atoms with van der Waals surface area (Å²) in [5.74, 6) is -2.13. The molecule has 0 aliphatic carbocycles. The quantitative estimate of drug-likeness (QED) is 0.0319. The van der Waals surface area contributed by atoms with E-state index in [1.807, 2.05) is 0 Å². The van der Waals surface area contributed by atoms with Gasteiger partial charge in [-0.25, -0.2) is 0 Å². The van der Waals surface area contributed by atoms with Gasteiger partial charge in [-0.2, -0.15) is 0 Å². The van der Waals surface area contributed by atoms with Gasteiger partial charge in [-0.1, -0.05) is 264 Å². The number of hydrogen-bond donors (Lipinski definition) is 3. The van der Waals surface area contributed by atoms with E-state index in [1.54, 1.807) is 0 Å². The van der Waals surface area contributed by atoms with Gasteiger partial charge in [0.15, 0.2) is 17.3 Å². The minimum Gasteiger partial charge on any atom is -0.386 e. The monoisotopic (exact) mass is 889 g/mol. The summed E-state index contributed by atoms with van der Waals surface area (Å²) in [5.41, 5.74) is -2.76. The maximum absolute atomic E-state index is 13.6. The van der Waals surface area contributed by atoms with Gasteiger partial charge in [-0.3, -0.25) is 14.4 Å². The van der Waals surface area contributed by atoms with Crippen molar-refractivity contribution in [1.29, 1.82) is 0 Å². The predicted molar refractivity (Wildman–Crippen MR) is 271 cm³/mol. The van der Waals surface area contributed by atoms with Crippen LogP contribution in [0, 0.1) is 0 Å². The molecule has 0 aromatic heterocycles. The molecule has 0 saturated carbocycles. The van der Waals surface area contributed by atoms with Gasteiger partial charge in [0, 0.05) is 19.3 Å². The smallest absolute Gasteiger partial charge is 0.210 e. The molecule has 0 aliphatic rings. The summed E-state index contributed by atoms with van der Waals surface area (Å²) >= 11 is 0. The molecule has 0 amide bonds. The molecule has 0 fully saturated rings. The van der Waals surface area contributed by atoms with Crippen LogP contribution in [0.5, 0.6) is 0 Å². The third-order valence-corrected chi connectivity index (χ3v) is 13.6. The molecule has 0 aromatic carbocycles. The topological polar surface area (TPSA) is 112 Å². The van der Waals surface area contributed by atoms with Gasteiger partial charge in [0.2, 0.25) is 5.60 Å². The number of ketones is 3. The number of aliphatic hydroxyl groups is 3. The van der Waals surface area contributed by atoms with Crippen molar-refractivity contribution in [3.05, 3.63) is 12.2 Å². The summed E-state index contributed by atoms with van der Waals surface area (Å²) in [6, 6.07) is 0. The van der Waals surface area contributed by atoms with E-state index in [-0.39, 0.29) is 19.3 Å². The highest BCUT2D eigenvalue weighted by Gasteiger charge is 2.52. The molecular weight excluding hydrogens is 781 g/mol. The van der Waals surface area contributed by atoms with Gasteiger partial charge >= 0.3 is 0 Å². The molecule has 63 heavy (non-hydrogen) atoms. The van der Waals surface area contributed by atoms with Crippen molar-refractivity contribution in [3.63, 3.8) is 0 Å². The Morgan fingerprint density at radius 2 is 0.571 bits per heavy atom. The molecule has 0 bridgehead atoms. The number of carbonyl (C=O) groups excluding carboxylic acids is 3.